The van der Waals surface area contributed by atoms with Gasteiger partial charge >= 0.3 is 0 Å². The molecular weight excluding hydrogens is 188 g/mol. The average molecular weight is 188 g/mol. The van der Waals surface area contributed by atoms with Crippen LogP contribution in [-0.2, 0) is 0 Å². The van der Waals surface area contributed by atoms with Gasteiger partial charge in [-0.3, -0.25) is 0 Å². The first-order valence-electron chi connectivity index (χ1n) is 3.01. The maximum absolute atomic E-state index is 8.64. The summed E-state index contributed by atoms with van der Waals surface area (Å²) in [7, 11) is 0. The van der Waals surface area contributed by atoms with Crippen LogP contribution in [0.25, 0.3) is 9.40 Å². The molecule has 0 saturated carbocycles. The summed E-state index contributed by atoms with van der Waals surface area (Å²) in [5, 5.41) is 23.0. The Balaban J connectivity index is 2.87. The van der Waals surface area contributed by atoms with E-state index in [1.165, 1.54) is 22.7 Å². The Morgan fingerprint density at radius 2 is 1.33 bits per heavy atom. The molecule has 0 aliphatic rings. The Hall–Kier alpha value is -1.36. The van der Waals surface area contributed by atoms with E-state index in [1.54, 1.807) is 0 Å². The molecule has 0 amide bonds. The lowest BCUT2D eigenvalue weighted by atomic mass is 10.3. The first-order chi connectivity index (χ1) is 5.86. The minimum Gasteiger partial charge on any atom is -0.192 e. The fourth-order valence-corrected chi connectivity index (χ4v) is 2.74. The molecule has 0 unspecified atom stereocenters. The van der Waals surface area contributed by atoms with Gasteiger partial charge in [0.05, 0.1) is 31.3 Å². The van der Waals surface area contributed by atoms with Crippen molar-refractivity contribution in [3.63, 3.8) is 0 Å². The lowest BCUT2D eigenvalue weighted by Gasteiger charge is -1.74. The largest absolute Gasteiger partial charge is 0.192 e. The van der Waals surface area contributed by atoms with Crippen LogP contribution in [0, 0.1) is 33.4 Å². The molecule has 2 heterocycles. The van der Waals surface area contributed by atoms with Crippen LogP contribution in [-0.4, -0.2) is 0 Å². The minimum absolute atomic E-state index is 0.526. The molecule has 4 heteroatoms. The summed E-state index contributed by atoms with van der Waals surface area (Å²) in [6.45, 7) is 0. The highest BCUT2D eigenvalue weighted by molar-refractivity contribution is 7.26. The van der Waals surface area contributed by atoms with Crippen molar-refractivity contribution in [2.45, 2.75) is 0 Å². The molecule has 0 saturated heterocycles. The molecule has 2 radical (unpaired) electrons. The number of rotatable bonds is 0. The first kappa shape index (κ1) is 7.30. The van der Waals surface area contributed by atoms with Gasteiger partial charge in [0.25, 0.3) is 0 Å². The fraction of sp³-hybridized carbons (Fsp3) is 0. The second-order valence-electron chi connectivity index (χ2n) is 2.04. The summed E-state index contributed by atoms with van der Waals surface area (Å²) in [5.41, 5.74) is 1.05. The van der Waals surface area contributed by atoms with E-state index >= 15 is 0 Å². The van der Waals surface area contributed by atoms with Crippen LogP contribution in [0.15, 0.2) is 0 Å². The number of hydrogen-bond acceptors (Lipinski definition) is 4. The van der Waals surface area contributed by atoms with Crippen molar-refractivity contribution in [3.8, 4) is 12.1 Å². The minimum atomic E-state index is 0.526. The third-order valence-corrected chi connectivity index (χ3v) is 3.36. The lowest BCUT2D eigenvalue weighted by molar-refractivity contribution is 1.52. The average Bonchev–Trinajstić information content (AvgIpc) is 2.62. The van der Waals surface area contributed by atoms with Gasteiger partial charge in [-0.15, -0.1) is 22.7 Å². The number of nitrogens with zero attached hydrogens (tertiary/aromatic N) is 2. The van der Waals surface area contributed by atoms with Crippen molar-refractivity contribution in [3.05, 3.63) is 21.9 Å². The first-order valence-corrected chi connectivity index (χ1v) is 4.65. The molecule has 2 aromatic rings. The summed E-state index contributed by atoms with van der Waals surface area (Å²) in [6, 6.07) is 4.05. The number of nitriles is 2. The molecule has 0 fully saturated rings. The van der Waals surface area contributed by atoms with E-state index in [2.05, 4.69) is 10.8 Å². The van der Waals surface area contributed by atoms with Crippen molar-refractivity contribution in [1.29, 1.82) is 10.5 Å². The van der Waals surface area contributed by atoms with Gasteiger partial charge in [0.1, 0.15) is 12.1 Å². The van der Waals surface area contributed by atoms with Crippen LogP contribution >= 0.6 is 22.7 Å². The molecule has 2 rings (SSSR count). The second-order valence-corrected chi connectivity index (χ2v) is 3.67. The van der Waals surface area contributed by atoms with Crippen LogP contribution in [0.5, 0.6) is 0 Å². The molecule has 0 aromatic carbocycles. The van der Waals surface area contributed by atoms with Gasteiger partial charge in [-0.2, -0.15) is 10.5 Å². The van der Waals surface area contributed by atoms with E-state index in [0.717, 1.165) is 9.40 Å². The molecule has 0 aliphatic heterocycles. The SMILES string of the molecule is N#Cc1[c]sc2c(C#N)[c]sc12. The van der Waals surface area contributed by atoms with Gasteiger partial charge in [0.15, 0.2) is 0 Å². The summed E-state index contributed by atoms with van der Waals surface area (Å²) in [4.78, 5) is 0. The molecule has 0 bridgehead atoms. The summed E-state index contributed by atoms with van der Waals surface area (Å²) in [5.74, 6) is 0. The van der Waals surface area contributed by atoms with Crippen molar-refractivity contribution in [2.75, 3.05) is 0 Å². The smallest absolute Gasteiger partial charge is 0.102 e. The second kappa shape index (κ2) is 2.60. The molecule has 0 N–H and O–H groups in total. The Kier molecular flexibility index (Phi) is 1.58. The quantitative estimate of drug-likeness (QED) is 0.636. The standard InChI is InChI=1S/C8N2S2/c9-1-5-3-11-8-6(2-10)4-12-7(5)8. The van der Waals surface area contributed by atoms with Crippen LogP contribution in [0.3, 0.4) is 0 Å². The molecule has 0 spiro atoms. The van der Waals surface area contributed by atoms with Gasteiger partial charge in [-0.05, 0) is 0 Å². The summed E-state index contributed by atoms with van der Waals surface area (Å²) >= 11 is 2.61. The van der Waals surface area contributed by atoms with Gasteiger partial charge in [0, 0.05) is 0 Å². The molecule has 54 valence electrons. The monoisotopic (exact) mass is 188 g/mol. The molecule has 0 atom stereocenters. The van der Waals surface area contributed by atoms with Crippen LogP contribution in [0.1, 0.15) is 11.1 Å². The predicted octanol–water partition coefficient (Wildman–Crippen LogP) is 2.31. The third kappa shape index (κ3) is 0.831. The van der Waals surface area contributed by atoms with Gasteiger partial charge < -0.3 is 0 Å². The van der Waals surface area contributed by atoms with Crippen LogP contribution in [0.4, 0.5) is 0 Å². The van der Waals surface area contributed by atoms with E-state index in [4.69, 9.17) is 10.5 Å². The van der Waals surface area contributed by atoms with Crippen LogP contribution < -0.4 is 0 Å². The number of hydrogen-bond donors (Lipinski definition) is 0. The molecule has 12 heavy (non-hydrogen) atoms. The molecule has 2 nitrogen and oxygen atoms in total. The maximum atomic E-state index is 8.64. The lowest BCUT2D eigenvalue weighted by Crippen LogP contribution is -1.61. The Labute approximate surface area is 76.9 Å². The maximum Gasteiger partial charge on any atom is 0.102 e. The van der Waals surface area contributed by atoms with Gasteiger partial charge in [0.2, 0.25) is 0 Å². The van der Waals surface area contributed by atoms with Crippen molar-refractivity contribution in [1.82, 2.24) is 0 Å². The number of fused-ring (bicyclic) bond motifs is 1. The highest BCUT2D eigenvalue weighted by Gasteiger charge is 2.10. The molecule has 0 aliphatic carbocycles. The zero-order chi connectivity index (χ0) is 8.55. The zero-order valence-corrected chi connectivity index (χ0v) is 7.34. The van der Waals surface area contributed by atoms with E-state index in [1.807, 2.05) is 12.1 Å². The topological polar surface area (TPSA) is 47.6 Å². The zero-order valence-electron chi connectivity index (χ0n) is 5.71. The normalized spacial score (nSPS) is 9.50. The Morgan fingerprint density at radius 3 is 1.67 bits per heavy atom. The van der Waals surface area contributed by atoms with E-state index in [9.17, 15) is 0 Å². The summed E-state index contributed by atoms with van der Waals surface area (Å²) < 4.78 is 1.66. The summed E-state index contributed by atoms with van der Waals surface area (Å²) in [6.07, 6.45) is 0. The fourth-order valence-electron chi connectivity index (χ4n) is 0.866. The van der Waals surface area contributed by atoms with E-state index < -0.39 is 0 Å². The van der Waals surface area contributed by atoms with Crippen LogP contribution in [0.2, 0.25) is 0 Å². The number of thiophene rings is 2. The van der Waals surface area contributed by atoms with E-state index in [-0.39, 0.29) is 0 Å². The van der Waals surface area contributed by atoms with Crippen molar-refractivity contribution < 1.29 is 0 Å². The highest BCUT2D eigenvalue weighted by atomic mass is 32.1. The third-order valence-electron chi connectivity index (χ3n) is 1.39. The Bertz CT molecular complexity index is 459. The van der Waals surface area contributed by atoms with Crippen molar-refractivity contribution in [2.24, 2.45) is 0 Å². The van der Waals surface area contributed by atoms with E-state index in [0.29, 0.717) is 11.1 Å². The van der Waals surface area contributed by atoms with Crippen molar-refractivity contribution >= 4 is 32.1 Å². The molecular formula is C8N2S2. The van der Waals surface area contributed by atoms with Gasteiger partial charge in [-0.25, -0.2) is 0 Å². The highest BCUT2D eigenvalue weighted by Crippen LogP contribution is 2.32. The molecule has 2 aromatic heterocycles. The van der Waals surface area contributed by atoms with Gasteiger partial charge in [-0.1, -0.05) is 0 Å². The Morgan fingerprint density at radius 1 is 0.917 bits per heavy atom. The predicted molar refractivity (Wildman–Crippen MR) is 46.8 cm³/mol.